The number of nitriles is 1. The minimum Gasteiger partial charge on any atom is -0.268 e. The highest BCUT2D eigenvalue weighted by atomic mass is 19.1. The Bertz CT molecular complexity index is 801. The van der Waals surface area contributed by atoms with Gasteiger partial charge in [-0.3, -0.25) is 9.59 Å². The second-order valence-corrected chi connectivity index (χ2v) is 5.59. The summed E-state index contributed by atoms with van der Waals surface area (Å²) in [5, 5.41) is 8.71. The summed E-state index contributed by atoms with van der Waals surface area (Å²) in [4.78, 5) is 25.7. The molecule has 1 heterocycles. The summed E-state index contributed by atoms with van der Waals surface area (Å²) >= 11 is 0. The van der Waals surface area contributed by atoms with E-state index in [9.17, 15) is 18.4 Å². The normalized spacial score (nSPS) is 14.4. The third kappa shape index (κ3) is 2.55. The van der Waals surface area contributed by atoms with Crippen molar-refractivity contribution in [2.45, 2.75) is 27.7 Å². The largest absolute Gasteiger partial charge is 0.268 e. The molecular formula is C17H14F2N2O2. The third-order valence-electron chi connectivity index (χ3n) is 3.48. The van der Waals surface area contributed by atoms with Crippen molar-refractivity contribution in [2.75, 3.05) is 4.90 Å². The van der Waals surface area contributed by atoms with E-state index in [4.69, 9.17) is 5.26 Å². The molecule has 1 saturated heterocycles. The Labute approximate surface area is 132 Å². The van der Waals surface area contributed by atoms with Gasteiger partial charge in [-0.2, -0.15) is 5.26 Å². The molecule has 118 valence electrons. The van der Waals surface area contributed by atoms with Crippen molar-refractivity contribution >= 4 is 17.5 Å². The molecule has 1 fully saturated rings. The molecule has 1 aliphatic heterocycles. The van der Waals surface area contributed by atoms with Crippen molar-refractivity contribution in [3.05, 3.63) is 51.6 Å². The van der Waals surface area contributed by atoms with Gasteiger partial charge in [-0.05, 0) is 33.8 Å². The van der Waals surface area contributed by atoms with E-state index in [0.29, 0.717) is 28.2 Å². The Morgan fingerprint density at radius 2 is 1.43 bits per heavy atom. The molecule has 1 aliphatic rings. The molecule has 0 N–H and O–H groups in total. The summed E-state index contributed by atoms with van der Waals surface area (Å²) < 4.78 is 28.0. The van der Waals surface area contributed by atoms with E-state index in [1.807, 2.05) is 0 Å². The molecule has 0 radical (unpaired) electrons. The first-order valence-electron chi connectivity index (χ1n) is 6.84. The summed E-state index contributed by atoms with van der Waals surface area (Å²) in [7, 11) is 0. The van der Waals surface area contributed by atoms with Crippen LogP contribution in [0.2, 0.25) is 0 Å². The van der Waals surface area contributed by atoms with Crippen LogP contribution in [0.25, 0.3) is 0 Å². The fourth-order valence-electron chi connectivity index (χ4n) is 2.47. The number of carbonyl (C=O) groups excluding carboxylic acids is 2. The maximum Gasteiger partial charge on any atom is 0.266 e. The fraction of sp³-hybridized carbons (Fsp3) is 0.235. The van der Waals surface area contributed by atoms with E-state index in [1.165, 1.54) is 6.07 Å². The first-order valence-corrected chi connectivity index (χ1v) is 6.84. The van der Waals surface area contributed by atoms with Crippen LogP contribution in [0.1, 0.15) is 33.3 Å². The Morgan fingerprint density at radius 3 is 1.83 bits per heavy atom. The molecule has 0 bridgehead atoms. The minimum absolute atomic E-state index is 0.194. The number of anilines is 1. The lowest BCUT2D eigenvalue weighted by molar-refractivity contribution is -0.119. The van der Waals surface area contributed by atoms with Crippen LogP contribution < -0.4 is 4.90 Å². The first-order chi connectivity index (χ1) is 10.7. The molecular weight excluding hydrogens is 302 g/mol. The molecule has 6 heteroatoms. The average molecular weight is 316 g/mol. The van der Waals surface area contributed by atoms with Crippen LogP contribution in [0.4, 0.5) is 14.5 Å². The highest BCUT2D eigenvalue weighted by molar-refractivity contribution is 6.37. The highest BCUT2D eigenvalue weighted by Crippen LogP contribution is 2.35. The maximum absolute atomic E-state index is 14.2. The average Bonchev–Trinajstić information content (AvgIpc) is 2.72. The number of allylic oxidation sites excluding steroid dienone is 2. The monoisotopic (exact) mass is 316 g/mol. The zero-order chi connectivity index (χ0) is 17.5. The van der Waals surface area contributed by atoms with E-state index >= 15 is 0 Å². The van der Waals surface area contributed by atoms with Crippen LogP contribution in [0.15, 0.2) is 34.4 Å². The number of nitrogens with zero attached hydrogens (tertiary/aromatic N) is 2. The van der Waals surface area contributed by atoms with Crippen molar-refractivity contribution in [3.63, 3.8) is 0 Å². The van der Waals surface area contributed by atoms with Gasteiger partial charge in [-0.25, -0.2) is 13.7 Å². The van der Waals surface area contributed by atoms with Gasteiger partial charge in [0.2, 0.25) is 0 Å². The predicted molar refractivity (Wildman–Crippen MR) is 80.3 cm³/mol. The second-order valence-electron chi connectivity index (χ2n) is 5.59. The number of benzene rings is 1. The number of amides is 2. The smallest absolute Gasteiger partial charge is 0.266 e. The van der Waals surface area contributed by atoms with Crippen molar-refractivity contribution in [1.82, 2.24) is 0 Å². The molecule has 2 rings (SSSR count). The van der Waals surface area contributed by atoms with Crippen molar-refractivity contribution < 1.29 is 18.4 Å². The lowest BCUT2D eigenvalue weighted by Crippen LogP contribution is -2.30. The van der Waals surface area contributed by atoms with Gasteiger partial charge < -0.3 is 0 Å². The number of carbonyl (C=O) groups is 2. The van der Waals surface area contributed by atoms with Crippen LogP contribution in [0.3, 0.4) is 0 Å². The SMILES string of the molecule is CC(C)=C1C(=O)N(c2cc(F)c(C#N)cc2F)C(=O)C1=C(C)C. The van der Waals surface area contributed by atoms with Gasteiger partial charge in [0.15, 0.2) is 0 Å². The molecule has 23 heavy (non-hydrogen) atoms. The predicted octanol–water partition coefficient (Wildman–Crippen LogP) is 3.38. The zero-order valence-electron chi connectivity index (χ0n) is 13.1. The standard InChI is InChI=1S/C17H14F2N2O2/c1-8(2)14-15(9(3)4)17(23)21(16(14)22)13-6-11(18)10(7-20)5-12(13)19/h5-6H,1-4H3. The quantitative estimate of drug-likeness (QED) is 0.589. The van der Waals surface area contributed by atoms with Crippen LogP contribution in [0.5, 0.6) is 0 Å². The Kier molecular flexibility index (Phi) is 4.15. The van der Waals surface area contributed by atoms with E-state index < -0.39 is 34.7 Å². The molecule has 4 nitrogen and oxygen atoms in total. The van der Waals surface area contributed by atoms with Crippen LogP contribution in [0, 0.1) is 23.0 Å². The molecule has 1 aromatic carbocycles. The lowest BCUT2D eigenvalue weighted by Gasteiger charge is -2.14. The minimum atomic E-state index is -1.01. The zero-order valence-corrected chi connectivity index (χ0v) is 13.1. The topological polar surface area (TPSA) is 61.2 Å². The molecule has 0 saturated carbocycles. The number of hydrogen-bond acceptors (Lipinski definition) is 3. The van der Waals surface area contributed by atoms with E-state index in [1.54, 1.807) is 27.7 Å². The van der Waals surface area contributed by atoms with Gasteiger partial charge in [-0.15, -0.1) is 0 Å². The molecule has 0 atom stereocenters. The number of hydrogen-bond donors (Lipinski definition) is 0. The van der Waals surface area contributed by atoms with E-state index in [0.717, 1.165) is 0 Å². The van der Waals surface area contributed by atoms with Crippen LogP contribution in [-0.2, 0) is 9.59 Å². The van der Waals surface area contributed by atoms with Gasteiger partial charge >= 0.3 is 0 Å². The summed E-state index contributed by atoms with van der Waals surface area (Å²) in [5.74, 6) is -3.40. The summed E-state index contributed by atoms with van der Waals surface area (Å²) in [6, 6.07) is 2.88. The molecule has 0 aliphatic carbocycles. The van der Waals surface area contributed by atoms with Gasteiger partial charge in [-0.1, -0.05) is 11.1 Å². The second kappa shape index (κ2) is 5.76. The van der Waals surface area contributed by atoms with Crippen molar-refractivity contribution in [2.24, 2.45) is 0 Å². The molecule has 1 aromatic rings. The summed E-state index contributed by atoms with van der Waals surface area (Å²) in [5.41, 5.74) is 0.619. The summed E-state index contributed by atoms with van der Waals surface area (Å²) in [6.07, 6.45) is 0. The van der Waals surface area contributed by atoms with Gasteiger partial charge in [0.05, 0.1) is 22.4 Å². The van der Waals surface area contributed by atoms with Crippen LogP contribution >= 0.6 is 0 Å². The summed E-state index contributed by atoms with van der Waals surface area (Å²) in [6.45, 7) is 6.68. The third-order valence-corrected chi connectivity index (χ3v) is 3.48. The van der Waals surface area contributed by atoms with Gasteiger partial charge in [0.1, 0.15) is 17.7 Å². The lowest BCUT2D eigenvalue weighted by atomic mass is 10.0. The Morgan fingerprint density at radius 1 is 0.957 bits per heavy atom. The molecule has 0 aromatic heterocycles. The van der Waals surface area contributed by atoms with Crippen LogP contribution in [-0.4, -0.2) is 11.8 Å². The van der Waals surface area contributed by atoms with Gasteiger partial charge in [0.25, 0.3) is 11.8 Å². The van der Waals surface area contributed by atoms with Crippen molar-refractivity contribution in [1.29, 1.82) is 5.26 Å². The van der Waals surface area contributed by atoms with Crippen molar-refractivity contribution in [3.8, 4) is 6.07 Å². The number of imide groups is 1. The maximum atomic E-state index is 14.2. The molecule has 2 amide bonds. The number of halogens is 2. The first kappa shape index (κ1) is 16.6. The fourth-order valence-corrected chi connectivity index (χ4v) is 2.47. The Hall–Kier alpha value is -2.81. The number of rotatable bonds is 1. The van der Waals surface area contributed by atoms with E-state index in [-0.39, 0.29) is 11.1 Å². The molecule has 0 unspecified atom stereocenters. The Balaban J connectivity index is 2.72. The highest BCUT2D eigenvalue weighted by Gasteiger charge is 2.42. The van der Waals surface area contributed by atoms with Gasteiger partial charge in [0, 0.05) is 6.07 Å². The van der Waals surface area contributed by atoms with E-state index in [2.05, 4.69) is 0 Å². The molecule has 0 spiro atoms.